The van der Waals surface area contributed by atoms with Crippen molar-refractivity contribution in [2.75, 3.05) is 12.4 Å². The Morgan fingerprint density at radius 2 is 1.78 bits per heavy atom. The van der Waals surface area contributed by atoms with Crippen LogP contribution in [0.15, 0.2) is 89.2 Å². The third kappa shape index (κ3) is 2.92. The first-order valence-electron chi connectivity index (χ1n) is 10.3. The summed E-state index contributed by atoms with van der Waals surface area (Å²) in [7, 11) is 1.69. The monoisotopic (exact) mass is 486 g/mol. The molecule has 3 heterocycles. The maximum Gasteiger partial charge on any atom is 0.226 e. The third-order valence-electron chi connectivity index (χ3n) is 5.93. The van der Waals surface area contributed by atoms with Crippen LogP contribution in [0.1, 0.15) is 28.8 Å². The van der Waals surface area contributed by atoms with Gasteiger partial charge in [0.25, 0.3) is 0 Å². The van der Waals surface area contributed by atoms with Gasteiger partial charge < -0.3 is 14.8 Å². The fourth-order valence-corrected chi connectivity index (χ4v) is 4.79. The topological polar surface area (TPSA) is 61.2 Å². The number of rotatable bonds is 3. The van der Waals surface area contributed by atoms with Crippen LogP contribution in [0.4, 0.5) is 5.95 Å². The second-order valence-corrected chi connectivity index (χ2v) is 8.59. The summed E-state index contributed by atoms with van der Waals surface area (Å²) in [4.78, 5) is 4.48. The largest absolute Gasteiger partial charge is 0.496 e. The molecule has 0 spiro atoms. The minimum Gasteiger partial charge on any atom is -0.496 e. The van der Waals surface area contributed by atoms with E-state index in [2.05, 4.69) is 55.6 Å². The standard InChI is InChI=1S/C25H19BrN4O2/c1-31-19-8-4-3-7-18(19)24-21-22(17-6-2-5-9-20(17)32-24)29-25-27-14-28-30(25)23(21)15-10-12-16(26)13-11-15/h2-14,23-24H,1H3,(H,27,28,29)/t23-,24+/m1/s1. The Hall–Kier alpha value is -3.58. The number of hydrogen-bond donors (Lipinski definition) is 1. The van der Waals surface area contributed by atoms with Gasteiger partial charge in [-0.05, 0) is 35.9 Å². The molecule has 1 aromatic heterocycles. The van der Waals surface area contributed by atoms with Crippen molar-refractivity contribution in [3.05, 3.63) is 106 Å². The van der Waals surface area contributed by atoms with E-state index in [1.54, 1.807) is 13.4 Å². The van der Waals surface area contributed by atoms with E-state index in [0.717, 1.165) is 43.9 Å². The molecule has 0 saturated heterocycles. The van der Waals surface area contributed by atoms with E-state index < -0.39 is 0 Å². The summed E-state index contributed by atoms with van der Waals surface area (Å²) in [6.45, 7) is 0. The molecule has 0 fully saturated rings. The summed E-state index contributed by atoms with van der Waals surface area (Å²) in [5, 5.41) is 8.09. The lowest BCUT2D eigenvalue weighted by molar-refractivity contribution is 0.217. The lowest BCUT2D eigenvalue weighted by Crippen LogP contribution is -2.32. The predicted octanol–water partition coefficient (Wildman–Crippen LogP) is 5.61. The van der Waals surface area contributed by atoms with Crippen molar-refractivity contribution in [1.29, 1.82) is 0 Å². The maximum absolute atomic E-state index is 6.65. The summed E-state index contributed by atoms with van der Waals surface area (Å²) in [5.74, 6) is 2.30. The average molecular weight is 487 g/mol. The number of aromatic nitrogens is 3. The summed E-state index contributed by atoms with van der Waals surface area (Å²) in [5.41, 5.74) is 5.12. The van der Waals surface area contributed by atoms with E-state index in [-0.39, 0.29) is 12.1 Å². The van der Waals surface area contributed by atoms with Crippen molar-refractivity contribution in [2.45, 2.75) is 12.1 Å². The molecule has 0 radical (unpaired) electrons. The summed E-state index contributed by atoms with van der Waals surface area (Å²) in [6, 6.07) is 24.2. The molecule has 6 nitrogen and oxygen atoms in total. The van der Waals surface area contributed by atoms with Crippen LogP contribution in [0.5, 0.6) is 11.5 Å². The predicted molar refractivity (Wildman–Crippen MR) is 126 cm³/mol. The number of halogens is 1. The molecule has 158 valence electrons. The molecular weight excluding hydrogens is 468 g/mol. The SMILES string of the molecule is COc1ccccc1[C@@H]1Oc2ccccc2C2=C1[C@@H](c1ccc(Br)cc1)n1ncnc1N2. The first kappa shape index (κ1) is 19.1. The second-order valence-electron chi connectivity index (χ2n) is 7.67. The highest BCUT2D eigenvalue weighted by molar-refractivity contribution is 9.10. The van der Waals surface area contributed by atoms with Crippen LogP contribution < -0.4 is 14.8 Å². The normalized spacial score (nSPS) is 18.7. The maximum atomic E-state index is 6.65. The van der Waals surface area contributed by atoms with Crippen LogP contribution in [0.3, 0.4) is 0 Å². The Morgan fingerprint density at radius 3 is 2.62 bits per heavy atom. The van der Waals surface area contributed by atoms with Crippen molar-refractivity contribution >= 4 is 27.6 Å². The molecule has 2 aliphatic rings. The zero-order chi connectivity index (χ0) is 21.7. The van der Waals surface area contributed by atoms with Gasteiger partial charge in [0, 0.05) is 21.2 Å². The Bertz CT molecular complexity index is 1350. The fraction of sp³-hybridized carbons (Fsp3) is 0.120. The number of ether oxygens (including phenoxy) is 2. The van der Waals surface area contributed by atoms with Gasteiger partial charge in [-0.15, -0.1) is 0 Å². The number of hydrogen-bond acceptors (Lipinski definition) is 5. The molecule has 0 aliphatic carbocycles. The first-order chi connectivity index (χ1) is 15.7. The van der Waals surface area contributed by atoms with Crippen LogP contribution in [-0.4, -0.2) is 21.9 Å². The Labute approximate surface area is 193 Å². The van der Waals surface area contributed by atoms with Gasteiger partial charge in [0.1, 0.15) is 23.9 Å². The molecule has 4 aromatic rings. The molecule has 0 bridgehead atoms. The van der Waals surface area contributed by atoms with Gasteiger partial charge in [0.05, 0.1) is 12.8 Å². The molecule has 6 rings (SSSR count). The smallest absolute Gasteiger partial charge is 0.226 e. The molecule has 0 unspecified atom stereocenters. The van der Waals surface area contributed by atoms with Crippen molar-refractivity contribution in [2.24, 2.45) is 0 Å². The van der Waals surface area contributed by atoms with E-state index in [1.165, 1.54) is 0 Å². The number of nitrogens with one attached hydrogen (secondary N) is 1. The van der Waals surface area contributed by atoms with E-state index in [9.17, 15) is 0 Å². The number of nitrogens with zero attached hydrogens (tertiary/aromatic N) is 3. The van der Waals surface area contributed by atoms with Crippen molar-refractivity contribution < 1.29 is 9.47 Å². The van der Waals surface area contributed by atoms with Crippen LogP contribution in [0.25, 0.3) is 5.70 Å². The second kappa shape index (κ2) is 7.53. The van der Waals surface area contributed by atoms with Gasteiger partial charge in [-0.2, -0.15) is 10.1 Å². The summed E-state index contributed by atoms with van der Waals surface area (Å²) in [6.07, 6.45) is 1.21. The number of methoxy groups -OCH3 is 1. The number of fused-ring (bicyclic) bond motifs is 3. The number of benzene rings is 3. The fourth-order valence-electron chi connectivity index (χ4n) is 4.52. The van der Waals surface area contributed by atoms with Crippen LogP contribution in [0.2, 0.25) is 0 Å². The van der Waals surface area contributed by atoms with Crippen LogP contribution in [0, 0.1) is 0 Å². The molecule has 0 saturated carbocycles. The van der Waals surface area contributed by atoms with Gasteiger partial charge in [-0.1, -0.05) is 58.4 Å². The van der Waals surface area contributed by atoms with Gasteiger partial charge in [-0.25, -0.2) is 4.68 Å². The molecule has 3 aromatic carbocycles. The highest BCUT2D eigenvalue weighted by Crippen LogP contribution is 2.51. The molecule has 0 amide bonds. The lowest BCUT2D eigenvalue weighted by Gasteiger charge is -2.39. The Balaban J connectivity index is 1.64. The zero-order valence-corrected chi connectivity index (χ0v) is 18.8. The minimum absolute atomic E-state index is 0.194. The summed E-state index contributed by atoms with van der Waals surface area (Å²) < 4.78 is 15.3. The molecule has 2 atom stereocenters. The van der Waals surface area contributed by atoms with Gasteiger partial charge in [0.15, 0.2) is 6.10 Å². The van der Waals surface area contributed by atoms with Crippen LogP contribution >= 0.6 is 15.9 Å². The molecule has 7 heteroatoms. The molecule has 32 heavy (non-hydrogen) atoms. The van der Waals surface area contributed by atoms with Gasteiger partial charge in [0.2, 0.25) is 5.95 Å². The van der Waals surface area contributed by atoms with Gasteiger partial charge >= 0.3 is 0 Å². The lowest BCUT2D eigenvalue weighted by atomic mass is 9.84. The Kier molecular flexibility index (Phi) is 4.50. The van der Waals surface area contributed by atoms with Crippen molar-refractivity contribution in [3.8, 4) is 11.5 Å². The zero-order valence-electron chi connectivity index (χ0n) is 17.2. The van der Waals surface area contributed by atoms with E-state index >= 15 is 0 Å². The first-order valence-corrected chi connectivity index (χ1v) is 11.1. The van der Waals surface area contributed by atoms with Gasteiger partial charge in [-0.3, -0.25) is 0 Å². The molecule has 1 N–H and O–H groups in total. The highest BCUT2D eigenvalue weighted by atomic mass is 79.9. The number of anilines is 1. The highest BCUT2D eigenvalue weighted by Gasteiger charge is 2.41. The van der Waals surface area contributed by atoms with Crippen molar-refractivity contribution in [3.63, 3.8) is 0 Å². The van der Waals surface area contributed by atoms with E-state index in [1.807, 2.05) is 53.2 Å². The van der Waals surface area contributed by atoms with E-state index in [4.69, 9.17) is 9.47 Å². The number of para-hydroxylation sites is 2. The van der Waals surface area contributed by atoms with E-state index in [0.29, 0.717) is 5.95 Å². The minimum atomic E-state index is -0.366. The quantitative estimate of drug-likeness (QED) is 0.407. The molecular formula is C25H19BrN4O2. The summed E-state index contributed by atoms with van der Waals surface area (Å²) >= 11 is 3.55. The molecule has 2 aliphatic heterocycles. The average Bonchev–Trinajstić information content (AvgIpc) is 3.31. The van der Waals surface area contributed by atoms with Crippen LogP contribution in [-0.2, 0) is 0 Å². The Morgan fingerprint density at radius 1 is 1.00 bits per heavy atom. The van der Waals surface area contributed by atoms with Crippen molar-refractivity contribution in [1.82, 2.24) is 14.8 Å². The third-order valence-corrected chi connectivity index (χ3v) is 6.46.